The molecule has 4 nitrogen and oxygen atoms in total. The van der Waals surface area contributed by atoms with Crippen LogP contribution in [0.3, 0.4) is 0 Å². The summed E-state index contributed by atoms with van der Waals surface area (Å²) in [6.07, 6.45) is 7.78. The van der Waals surface area contributed by atoms with Crippen molar-refractivity contribution in [1.29, 1.82) is 0 Å². The van der Waals surface area contributed by atoms with Crippen LogP contribution in [0.1, 0.15) is 58.3 Å². The quantitative estimate of drug-likeness (QED) is 0.194. The summed E-state index contributed by atoms with van der Waals surface area (Å²) in [6, 6.07) is 0. The van der Waals surface area contributed by atoms with Gasteiger partial charge in [0, 0.05) is 0 Å². The standard InChI is InChI=1S/C12H22O4.C6H6Cl6/c1-2-3-4-5-6-7-8-9-10(11(13)14)12(15)16;7-1-2(8)4(10)6(12)5(11)3(1)9/h10H,2-9H2,1H3,(H,13,14)(H,15,16);1-6H/t;1-,2-,3-,4+,5+,6+. The zero-order valence-electron chi connectivity index (χ0n) is 15.7. The molecule has 10 heteroatoms. The molecule has 0 aromatic rings. The van der Waals surface area contributed by atoms with Crippen molar-refractivity contribution in [1.82, 2.24) is 0 Å². The fraction of sp³-hybridized carbons (Fsp3) is 0.889. The molecule has 0 aromatic heterocycles. The van der Waals surface area contributed by atoms with Crippen molar-refractivity contribution in [2.24, 2.45) is 5.92 Å². The van der Waals surface area contributed by atoms with Gasteiger partial charge < -0.3 is 10.2 Å². The summed E-state index contributed by atoms with van der Waals surface area (Å²) in [7, 11) is 0. The van der Waals surface area contributed by atoms with Crippen LogP contribution in [0.5, 0.6) is 0 Å². The maximum Gasteiger partial charge on any atom is 0.317 e. The second-order valence-corrected chi connectivity index (χ2v) is 9.83. The molecule has 0 atom stereocenters. The predicted octanol–water partition coefficient (Wildman–Crippen LogP) is 6.56. The molecular formula is C18H28Cl6O4. The van der Waals surface area contributed by atoms with Crippen molar-refractivity contribution < 1.29 is 19.8 Å². The van der Waals surface area contributed by atoms with Gasteiger partial charge >= 0.3 is 11.9 Å². The number of alkyl halides is 6. The summed E-state index contributed by atoms with van der Waals surface area (Å²) in [5.74, 6) is -3.67. The van der Waals surface area contributed by atoms with Gasteiger partial charge in [-0.2, -0.15) is 0 Å². The largest absolute Gasteiger partial charge is 0.481 e. The topological polar surface area (TPSA) is 74.6 Å². The number of carbonyl (C=O) groups is 2. The summed E-state index contributed by atoms with van der Waals surface area (Å²) in [5, 5.41) is 14.7. The number of rotatable bonds is 10. The molecular weight excluding hydrogens is 493 g/mol. The van der Waals surface area contributed by atoms with Crippen LogP contribution in [0.2, 0.25) is 0 Å². The molecule has 0 amide bonds. The molecule has 28 heavy (non-hydrogen) atoms. The average Bonchev–Trinajstić information content (AvgIpc) is 2.65. The molecule has 1 aliphatic carbocycles. The number of hydrogen-bond acceptors (Lipinski definition) is 2. The Labute approximate surface area is 197 Å². The first-order valence-electron chi connectivity index (χ1n) is 9.36. The van der Waals surface area contributed by atoms with Gasteiger partial charge in [-0.1, -0.05) is 51.9 Å². The smallest absolute Gasteiger partial charge is 0.317 e. The Balaban J connectivity index is 0.000000540. The van der Waals surface area contributed by atoms with Crippen LogP contribution in [0.25, 0.3) is 0 Å². The first-order chi connectivity index (χ1) is 13.1. The third-order valence-electron chi connectivity index (χ3n) is 4.52. The summed E-state index contributed by atoms with van der Waals surface area (Å²) < 4.78 is 0. The summed E-state index contributed by atoms with van der Waals surface area (Å²) in [6.45, 7) is 2.16. The first kappa shape index (κ1) is 28.7. The Morgan fingerprint density at radius 3 is 1.21 bits per heavy atom. The predicted molar refractivity (Wildman–Crippen MR) is 119 cm³/mol. The molecule has 0 heterocycles. The van der Waals surface area contributed by atoms with E-state index in [1.165, 1.54) is 25.7 Å². The van der Waals surface area contributed by atoms with Crippen LogP contribution in [0.4, 0.5) is 0 Å². The molecule has 1 aliphatic rings. The highest BCUT2D eigenvalue weighted by Gasteiger charge is 2.46. The van der Waals surface area contributed by atoms with E-state index in [4.69, 9.17) is 79.8 Å². The van der Waals surface area contributed by atoms with E-state index in [0.29, 0.717) is 6.42 Å². The maximum atomic E-state index is 10.6. The van der Waals surface area contributed by atoms with Gasteiger partial charge in [-0.15, -0.1) is 69.6 Å². The van der Waals surface area contributed by atoms with Gasteiger partial charge in [0.05, 0.1) is 32.3 Å². The van der Waals surface area contributed by atoms with E-state index in [0.717, 1.165) is 12.8 Å². The summed E-state index contributed by atoms with van der Waals surface area (Å²) >= 11 is 35.3. The van der Waals surface area contributed by atoms with E-state index >= 15 is 0 Å². The highest BCUT2D eigenvalue weighted by atomic mass is 35.5. The van der Waals surface area contributed by atoms with Crippen molar-refractivity contribution in [3.05, 3.63) is 0 Å². The van der Waals surface area contributed by atoms with Crippen LogP contribution in [-0.2, 0) is 9.59 Å². The van der Waals surface area contributed by atoms with Gasteiger partial charge in [0.25, 0.3) is 0 Å². The van der Waals surface area contributed by atoms with Gasteiger partial charge in [0.15, 0.2) is 5.92 Å². The highest BCUT2D eigenvalue weighted by Crippen LogP contribution is 2.39. The van der Waals surface area contributed by atoms with Crippen molar-refractivity contribution in [3.63, 3.8) is 0 Å². The van der Waals surface area contributed by atoms with Gasteiger partial charge in [-0.05, 0) is 6.42 Å². The van der Waals surface area contributed by atoms with E-state index in [9.17, 15) is 9.59 Å². The maximum absolute atomic E-state index is 10.6. The molecule has 166 valence electrons. The van der Waals surface area contributed by atoms with Crippen molar-refractivity contribution >= 4 is 81.5 Å². The SMILES string of the molecule is CCCCCCCCCC(C(=O)O)C(=O)O.Cl[C@H]1[C@H](Cl)[C@@H](Cl)[C@@H](Cl)[C@H](Cl)[C@H]1Cl. The fourth-order valence-corrected chi connectivity index (χ4v) is 5.04. The molecule has 0 saturated heterocycles. The minimum Gasteiger partial charge on any atom is -0.481 e. The zero-order chi connectivity index (χ0) is 21.9. The second kappa shape index (κ2) is 15.5. The minimum absolute atomic E-state index is 0.248. The Morgan fingerprint density at radius 2 is 0.929 bits per heavy atom. The monoisotopic (exact) mass is 518 g/mol. The van der Waals surface area contributed by atoms with E-state index in [1.54, 1.807) is 0 Å². The third-order valence-corrected chi connectivity index (χ3v) is 8.55. The molecule has 1 fully saturated rings. The van der Waals surface area contributed by atoms with E-state index in [1.807, 2.05) is 0 Å². The second-order valence-electron chi connectivity index (χ2n) is 6.81. The molecule has 1 rings (SSSR count). The van der Waals surface area contributed by atoms with Gasteiger partial charge in [0.1, 0.15) is 0 Å². The Bertz CT molecular complexity index is 395. The number of aliphatic carboxylic acids is 2. The molecule has 0 aromatic carbocycles. The Hall–Kier alpha value is 0.680. The number of carboxylic acids is 2. The van der Waals surface area contributed by atoms with Crippen LogP contribution in [-0.4, -0.2) is 54.4 Å². The lowest BCUT2D eigenvalue weighted by atomic mass is 9.97. The van der Waals surface area contributed by atoms with Gasteiger partial charge in [0.2, 0.25) is 0 Å². The van der Waals surface area contributed by atoms with Crippen LogP contribution in [0.15, 0.2) is 0 Å². The minimum atomic E-state index is -1.23. The lowest BCUT2D eigenvalue weighted by Crippen LogP contribution is -2.52. The summed E-state index contributed by atoms with van der Waals surface area (Å²) in [4.78, 5) is 21.1. The Morgan fingerprint density at radius 1 is 0.643 bits per heavy atom. The van der Waals surface area contributed by atoms with E-state index < -0.39 is 50.1 Å². The van der Waals surface area contributed by atoms with E-state index in [2.05, 4.69) is 6.92 Å². The third kappa shape index (κ3) is 10.1. The lowest BCUT2D eigenvalue weighted by molar-refractivity contribution is -0.154. The van der Waals surface area contributed by atoms with Gasteiger partial charge in [-0.25, -0.2) is 0 Å². The van der Waals surface area contributed by atoms with Gasteiger partial charge in [-0.3, -0.25) is 9.59 Å². The van der Waals surface area contributed by atoms with E-state index in [-0.39, 0.29) is 6.42 Å². The van der Waals surface area contributed by atoms with Crippen LogP contribution < -0.4 is 0 Å². The van der Waals surface area contributed by atoms with Crippen molar-refractivity contribution in [2.75, 3.05) is 0 Å². The van der Waals surface area contributed by atoms with Crippen LogP contribution >= 0.6 is 69.6 Å². The fourth-order valence-electron chi connectivity index (χ4n) is 2.71. The number of carboxylic acid groups (broad SMARTS) is 2. The summed E-state index contributed by atoms with van der Waals surface area (Å²) in [5.41, 5.74) is 0. The zero-order valence-corrected chi connectivity index (χ0v) is 20.2. The molecule has 2 N–H and O–H groups in total. The average molecular weight is 521 g/mol. The van der Waals surface area contributed by atoms with Crippen molar-refractivity contribution in [3.8, 4) is 0 Å². The molecule has 0 spiro atoms. The number of halogens is 6. The molecule has 0 bridgehead atoms. The molecule has 0 radical (unpaired) electrons. The molecule has 0 aliphatic heterocycles. The lowest BCUT2D eigenvalue weighted by Gasteiger charge is -2.37. The van der Waals surface area contributed by atoms with Crippen LogP contribution in [0, 0.1) is 5.92 Å². The Kier molecular flexibility index (Phi) is 15.9. The number of hydrogen-bond donors (Lipinski definition) is 2. The molecule has 0 unspecified atom stereocenters. The normalized spacial score (nSPS) is 29.9. The number of unbranched alkanes of at least 4 members (excludes halogenated alkanes) is 6. The first-order valence-corrected chi connectivity index (χ1v) is 12.0. The van der Waals surface area contributed by atoms with Crippen molar-refractivity contribution in [2.45, 2.75) is 90.6 Å². The molecule has 1 saturated carbocycles. The highest BCUT2D eigenvalue weighted by molar-refractivity contribution is 6.45.